The SMILES string of the molecule is Oc1cccc(CC(O)C2CC=CCC2)c1. The van der Waals surface area contributed by atoms with E-state index in [1.54, 1.807) is 12.1 Å². The molecule has 2 N–H and O–H groups in total. The summed E-state index contributed by atoms with van der Waals surface area (Å²) in [4.78, 5) is 0. The van der Waals surface area contributed by atoms with Crippen LogP contribution in [0.3, 0.4) is 0 Å². The van der Waals surface area contributed by atoms with Crippen molar-refractivity contribution >= 4 is 0 Å². The second-order valence-corrected chi connectivity index (χ2v) is 4.49. The molecule has 2 atom stereocenters. The van der Waals surface area contributed by atoms with Gasteiger partial charge in [0.2, 0.25) is 0 Å². The molecule has 2 rings (SSSR count). The van der Waals surface area contributed by atoms with Gasteiger partial charge in [0, 0.05) is 0 Å². The first-order valence-corrected chi connectivity index (χ1v) is 5.86. The third kappa shape index (κ3) is 2.86. The second kappa shape index (κ2) is 5.17. The summed E-state index contributed by atoms with van der Waals surface area (Å²) in [6, 6.07) is 7.14. The Bertz CT molecular complexity index is 371. The van der Waals surface area contributed by atoms with E-state index in [1.807, 2.05) is 12.1 Å². The Hall–Kier alpha value is -1.28. The highest BCUT2D eigenvalue weighted by Gasteiger charge is 2.19. The Kier molecular flexibility index (Phi) is 3.62. The summed E-state index contributed by atoms with van der Waals surface area (Å²) >= 11 is 0. The second-order valence-electron chi connectivity index (χ2n) is 4.49. The number of aliphatic hydroxyl groups is 1. The molecule has 0 heterocycles. The third-order valence-electron chi connectivity index (χ3n) is 3.21. The Morgan fingerprint density at radius 3 is 2.88 bits per heavy atom. The number of benzene rings is 1. The number of phenols is 1. The summed E-state index contributed by atoms with van der Waals surface area (Å²) < 4.78 is 0. The van der Waals surface area contributed by atoms with Crippen molar-refractivity contribution in [1.82, 2.24) is 0 Å². The summed E-state index contributed by atoms with van der Waals surface area (Å²) in [6.07, 6.45) is 7.77. The zero-order chi connectivity index (χ0) is 11.4. The zero-order valence-electron chi connectivity index (χ0n) is 9.34. The van der Waals surface area contributed by atoms with Crippen molar-refractivity contribution in [1.29, 1.82) is 0 Å². The standard InChI is InChI=1S/C14H18O2/c15-13-8-4-5-11(9-13)10-14(16)12-6-2-1-3-7-12/h1-2,4-5,8-9,12,14-16H,3,6-7,10H2. The van der Waals surface area contributed by atoms with Gasteiger partial charge in [-0.15, -0.1) is 0 Å². The van der Waals surface area contributed by atoms with Crippen LogP contribution in [-0.4, -0.2) is 16.3 Å². The van der Waals surface area contributed by atoms with Gasteiger partial charge in [-0.3, -0.25) is 0 Å². The van der Waals surface area contributed by atoms with Crippen molar-refractivity contribution in [2.45, 2.75) is 31.8 Å². The molecule has 0 spiro atoms. The molecule has 0 aliphatic heterocycles. The molecule has 0 bridgehead atoms. The van der Waals surface area contributed by atoms with E-state index >= 15 is 0 Å². The minimum atomic E-state index is -0.299. The van der Waals surface area contributed by atoms with Crippen molar-refractivity contribution in [3.05, 3.63) is 42.0 Å². The molecule has 1 aliphatic carbocycles. The number of rotatable bonds is 3. The van der Waals surface area contributed by atoms with Gasteiger partial charge in [-0.1, -0.05) is 24.3 Å². The molecule has 1 aliphatic rings. The Morgan fingerprint density at radius 1 is 1.31 bits per heavy atom. The predicted octanol–water partition coefficient (Wildman–Crippen LogP) is 2.65. The summed E-state index contributed by atoms with van der Waals surface area (Å²) in [7, 11) is 0. The molecule has 0 amide bonds. The topological polar surface area (TPSA) is 40.5 Å². The molecular weight excluding hydrogens is 200 g/mol. The normalized spacial score (nSPS) is 21.9. The number of aromatic hydroxyl groups is 1. The van der Waals surface area contributed by atoms with Gasteiger partial charge in [-0.25, -0.2) is 0 Å². The van der Waals surface area contributed by atoms with Crippen LogP contribution in [0, 0.1) is 5.92 Å². The van der Waals surface area contributed by atoms with Crippen LogP contribution < -0.4 is 0 Å². The molecular formula is C14H18O2. The minimum absolute atomic E-state index is 0.272. The lowest BCUT2D eigenvalue weighted by molar-refractivity contribution is 0.102. The first-order chi connectivity index (χ1) is 7.75. The van der Waals surface area contributed by atoms with Gasteiger partial charge in [0.05, 0.1) is 6.10 Å². The molecule has 2 unspecified atom stereocenters. The molecule has 0 fully saturated rings. The van der Waals surface area contributed by atoms with E-state index in [-0.39, 0.29) is 11.9 Å². The lowest BCUT2D eigenvalue weighted by atomic mass is 9.86. The van der Waals surface area contributed by atoms with Gasteiger partial charge in [0.1, 0.15) is 5.75 Å². The van der Waals surface area contributed by atoms with E-state index in [0.717, 1.165) is 24.8 Å². The summed E-state index contributed by atoms with van der Waals surface area (Å²) in [5.74, 6) is 0.639. The van der Waals surface area contributed by atoms with E-state index in [9.17, 15) is 10.2 Å². The lowest BCUT2D eigenvalue weighted by Gasteiger charge is -2.23. The first kappa shape index (κ1) is 11.2. The quantitative estimate of drug-likeness (QED) is 0.766. The van der Waals surface area contributed by atoms with Gasteiger partial charge in [-0.05, 0) is 49.3 Å². The summed E-state index contributed by atoms with van der Waals surface area (Å²) in [5.41, 5.74) is 1.00. The van der Waals surface area contributed by atoms with Gasteiger partial charge in [0.15, 0.2) is 0 Å². The maximum atomic E-state index is 10.1. The summed E-state index contributed by atoms with van der Waals surface area (Å²) in [5, 5.41) is 19.4. The van der Waals surface area contributed by atoms with Crippen LogP contribution >= 0.6 is 0 Å². The highest BCUT2D eigenvalue weighted by molar-refractivity contribution is 5.27. The van der Waals surface area contributed by atoms with Crippen LogP contribution in [0.15, 0.2) is 36.4 Å². The molecule has 0 aromatic heterocycles. The van der Waals surface area contributed by atoms with Crippen molar-refractivity contribution < 1.29 is 10.2 Å². The highest BCUT2D eigenvalue weighted by Crippen LogP contribution is 2.24. The van der Waals surface area contributed by atoms with E-state index in [1.165, 1.54) is 0 Å². The minimum Gasteiger partial charge on any atom is -0.508 e. The first-order valence-electron chi connectivity index (χ1n) is 5.86. The van der Waals surface area contributed by atoms with Crippen LogP contribution in [0.2, 0.25) is 0 Å². The van der Waals surface area contributed by atoms with Gasteiger partial charge < -0.3 is 10.2 Å². The molecule has 16 heavy (non-hydrogen) atoms. The smallest absolute Gasteiger partial charge is 0.115 e. The van der Waals surface area contributed by atoms with Crippen molar-refractivity contribution in [3.8, 4) is 5.75 Å². The largest absolute Gasteiger partial charge is 0.508 e. The fraction of sp³-hybridized carbons (Fsp3) is 0.429. The monoisotopic (exact) mass is 218 g/mol. The molecule has 0 saturated heterocycles. The van der Waals surface area contributed by atoms with E-state index in [2.05, 4.69) is 12.2 Å². The van der Waals surface area contributed by atoms with E-state index < -0.39 is 0 Å². The average Bonchev–Trinajstić information content (AvgIpc) is 2.30. The number of phenolic OH excluding ortho intramolecular Hbond substituents is 1. The fourth-order valence-corrected chi connectivity index (χ4v) is 2.26. The lowest BCUT2D eigenvalue weighted by Crippen LogP contribution is -2.23. The maximum Gasteiger partial charge on any atom is 0.115 e. The van der Waals surface area contributed by atoms with Crippen LogP contribution in [0.1, 0.15) is 24.8 Å². The molecule has 2 nitrogen and oxygen atoms in total. The molecule has 1 aromatic carbocycles. The van der Waals surface area contributed by atoms with Crippen LogP contribution in [0.4, 0.5) is 0 Å². The molecule has 86 valence electrons. The zero-order valence-corrected chi connectivity index (χ0v) is 9.34. The Labute approximate surface area is 96.2 Å². The molecule has 0 saturated carbocycles. The van der Waals surface area contributed by atoms with Crippen molar-refractivity contribution in [2.24, 2.45) is 5.92 Å². The number of allylic oxidation sites excluding steroid dienone is 2. The number of aliphatic hydroxyl groups excluding tert-OH is 1. The number of hydrogen-bond acceptors (Lipinski definition) is 2. The molecule has 0 radical (unpaired) electrons. The highest BCUT2D eigenvalue weighted by atomic mass is 16.3. The van der Waals surface area contributed by atoms with Crippen LogP contribution in [0.5, 0.6) is 5.75 Å². The van der Waals surface area contributed by atoms with Gasteiger partial charge in [-0.2, -0.15) is 0 Å². The summed E-state index contributed by atoms with van der Waals surface area (Å²) in [6.45, 7) is 0. The van der Waals surface area contributed by atoms with E-state index in [0.29, 0.717) is 12.3 Å². The Balaban J connectivity index is 1.96. The maximum absolute atomic E-state index is 10.1. The Morgan fingerprint density at radius 2 is 2.19 bits per heavy atom. The molecule has 1 aromatic rings. The third-order valence-corrected chi connectivity index (χ3v) is 3.21. The molecule has 2 heteroatoms. The fourth-order valence-electron chi connectivity index (χ4n) is 2.26. The average molecular weight is 218 g/mol. The van der Waals surface area contributed by atoms with Crippen molar-refractivity contribution in [2.75, 3.05) is 0 Å². The number of hydrogen-bond donors (Lipinski definition) is 2. The van der Waals surface area contributed by atoms with Gasteiger partial charge >= 0.3 is 0 Å². The van der Waals surface area contributed by atoms with Crippen LogP contribution in [0.25, 0.3) is 0 Å². The van der Waals surface area contributed by atoms with Crippen molar-refractivity contribution in [3.63, 3.8) is 0 Å². The van der Waals surface area contributed by atoms with Gasteiger partial charge in [0.25, 0.3) is 0 Å². The van der Waals surface area contributed by atoms with Crippen LogP contribution in [-0.2, 0) is 6.42 Å². The predicted molar refractivity (Wildman–Crippen MR) is 64.3 cm³/mol. The van der Waals surface area contributed by atoms with E-state index in [4.69, 9.17) is 0 Å².